The molecule has 0 atom stereocenters. The van der Waals surface area contributed by atoms with Gasteiger partial charge in [-0.2, -0.15) is 18.3 Å². The van der Waals surface area contributed by atoms with Crippen LogP contribution in [0.15, 0.2) is 55.4 Å². The van der Waals surface area contributed by atoms with E-state index in [1.807, 2.05) is 28.9 Å². The van der Waals surface area contributed by atoms with Crippen LogP contribution in [-0.4, -0.2) is 30.3 Å². The fourth-order valence-electron chi connectivity index (χ4n) is 3.53. The van der Waals surface area contributed by atoms with Crippen LogP contribution in [0.2, 0.25) is 5.02 Å². The van der Waals surface area contributed by atoms with E-state index in [-0.39, 0.29) is 19.4 Å². The number of aromatic nitrogens is 5. The lowest BCUT2D eigenvalue weighted by atomic mass is 10.0. The quantitative estimate of drug-likeness (QED) is 0.455. The van der Waals surface area contributed by atoms with Gasteiger partial charge in [0.05, 0.1) is 28.9 Å². The molecular weight excluding hydrogens is 403 g/mol. The number of rotatable bonds is 4. The van der Waals surface area contributed by atoms with Crippen molar-refractivity contribution in [2.45, 2.75) is 25.6 Å². The molecule has 1 aliphatic carbocycles. The number of hydrogen-bond acceptors (Lipinski definition) is 3. The van der Waals surface area contributed by atoms with Crippen molar-refractivity contribution in [1.82, 2.24) is 24.1 Å². The van der Waals surface area contributed by atoms with Crippen LogP contribution in [0.5, 0.6) is 0 Å². The van der Waals surface area contributed by atoms with Gasteiger partial charge in [0.15, 0.2) is 0 Å². The zero-order valence-electron chi connectivity index (χ0n) is 15.1. The maximum Gasteiger partial charge on any atom is 0.396 e. The topological polar surface area (TPSA) is 48.0 Å². The Labute approximate surface area is 168 Å². The molecule has 0 unspecified atom stereocenters. The molecule has 29 heavy (non-hydrogen) atoms. The molecule has 0 bridgehead atoms. The van der Waals surface area contributed by atoms with Crippen LogP contribution in [0.3, 0.4) is 0 Å². The van der Waals surface area contributed by atoms with Crippen molar-refractivity contribution in [3.63, 3.8) is 0 Å². The Morgan fingerprint density at radius 2 is 1.90 bits per heavy atom. The van der Waals surface area contributed by atoms with Crippen LogP contribution in [0.4, 0.5) is 13.2 Å². The minimum absolute atomic E-state index is 0.139. The van der Waals surface area contributed by atoms with Crippen LogP contribution in [-0.2, 0) is 6.54 Å². The van der Waals surface area contributed by atoms with E-state index in [1.165, 1.54) is 4.68 Å². The maximum absolute atomic E-state index is 13.3. The predicted octanol–water partition coefficient (Wildman–Crippen LogP) is 5.26. The molecule has 4 heterocycles. The smallest absolute Gasteiger partial charge is 0.307 e. The summed E-state index contributed by atoms with van der Waals surface area (Å²) in [5.41, 5.74) is 1.97. The third kappa shape index (κ3) is 3.17. The first-order valence-electron chi connectivity index (χ1n) is 9.03. The Kier molecular flexibility index (Phi) is 3.96. The standard InChI is InChI=1S/C20H15ClF3N5/c21-15-8-16(14-9-27-29(11-14)12-19(2-3-19)20(22,23)24)18(26-10-15)13-1-5-28-6-4-25-17(28)7-13/h1,4-11H,2-3,12H2. The molecule has 1 saturated carbocycles. The molecule has 0 N–H and O–H groups in total. The number of imidazole rings is 1. The molecule has 4 aromatic rings. The first-order chi connectivity index (χ1) is 13.8. The molecule has 0 spiro atoms. The maximum atomic E-state index is 13.3. The summed E-state index contributed by atoms with van der Waals surface area (Å²) in [7, 11) is 0. The Morgan fingerprint density at radius 1 is 1.07 bits per heavy atom. The van der Waals surface area contributed by atoms with Gasteiger partial charge in [-0.15, -0.1) is 0 Å². The number of hydrogen-bond donors (Lipinski definition) is 0. The van der Waals surface area contributed by atoms with Crippen LogP contribution in [0.25, 0.3) is 28.0 Å². The first-order valence-corrected chi connectivity index (χ1v) is 9.41. The Balaban J connectivity index is 1.53. The third-order valence-electron chi connectivity index (χ3n) is 5.39. The van der Waals surface area contributed by atoms with Crippen molar-refractivity contribution in [1.29, 1.82) is 0 Å². The molecule has 9 heteroatoms. The van der Waals surface area contributed by atoms with Crippen molar-refractivity contribution in [2.75, 3.05) is 0 Å². The highest BCUT2D eigenvalue weighted by Crippen LogP contribution is 2.58. The number of halogens is 4. The summed E-state index contributed by atoms with van der Waals surface area (Å²) in [4.78, 5) is 8.75. The van der Waals surface area contributed by atoms with Gasteiger partial charge in [-0.1, -0.05) is 11.6 Å². The normalized spacial score (nSPS) is 15.7. The summed E-state index contributed by atoms with van der Waals surface area (Å²) in [6, 6.07) is 5.55. The second-order valence-corrected chi connectivity index (χ2v) is 7.80. The van der Waals surface area contributed by atoms with Gasteiger partial charge >= 0.3 is 6.18 Å². The van der Waals surface area contributed by atoms with E-state index in [1.54, 1.807) is 30.9 Å². The molecular formula is C20H15ClF3N5. The summed E-state index contributed by atoms with van der Waals surface area (Å²) in [6.07, 6.45) is 6.20. The average molecular weight is 418 g/mol. The molecule has 148 valence electrons. The molecule has 0 saturated heterocycles. The summed E-state index contributed by atoms with van der Waals surface area (Å²) >= 11 is 6.16. The van der Waals surface area contributed by atoms with Crippen molar-refractivity contribution in [2.24, 2.45) is 5.41 Å². The molecule has 5 rings (SSSR count). The van der Waals surface area contributed by atoms with Crippen molar-refractivity contribution < 1.29 is 13.2 Å². The number of pyridine rings is 2. The number of nitrogens with zero attached hydrogens (tertiary/aromatic N) is 5. The highest BCUT2D eigenvalue weighted by atomic mass is 35.5. The highest BCUT2D eigenvalue weighted by molar-refractivity contribution is 6.30. The van der Waals surface area contributed by atoms with Gasteiger partial charge in [0.2, 0.25) is 0 Å². The fraction of sp³-hybridized carbons (Fsp3) is 0.250. The highest BCUT2D eigenvalue weighted by Gasteiger charge is 2.63. The second-order valence-electron chi connectivity index (χ2n) is 7.36. The van der Waals surface area contributed by atoms with Crippen LogP contribution >= 0.6 is 11.6 Å². The van der Waals surface area contributed by atoms with E-state index in [2.05, 4.69) is 15.1 Å². The van der Waals surface area contributed by atoms with Gasteiger partial charge in [0, 0.05) is 47.7 Å². The predicted molar refractivity (Wildman–Crippen MR) is 102 cm³/mol. The van der Waals surface area contributed by atoms with E-state index in [4.69, 9.17) is 11.6 Å². The SMILES string of the molecule is FC(F)(F)C1(Cn2cc(-c3cc(Cl)cnc3-c3ccn4ccnc4c3)cn2)CC1. The van der Waals surface area contributed by atoms with Crippen molar-refractivity contribution in [3.05, 3.63) is 60.4 Å². The zero-order chi connectivity index (χ0) is 20.2. The van der Waals surface area contributed by atoms with Gasteiger partial charge in [0.25, 0.3) is 0 Å². The van der Waals surface area contributed by atoms with E-state index in [0.29, 0.717) is 21.8 Å². The molecule has 1 aliphatic rings. The Morgan fingerprint density at radius 3 is 2.66 bits per heavy atom. The fourth-order valence-corrected chi connectivity index (χ4v) is 3.69. The molecule has 0 aromatic carbocycles. The molecule has 0 amide bonds. The van der Waals surface area contributed by atoms with Crippen LogP contribution < -0.4 is 0 Å². The lowest BCUT2D eigenvalue weighted by molar-refractivity contribution is -0.191. The largest absolute Gasteiger partial charge is 0.396 e. The van der Waals surface area contributed by atoms with Gasteiger partial charge in [0.1, 0.15) is 5.65 Å². The zero-order valence-corrected chi connectivity index (χ0v) is 15.8. The van der Waals surface area contributed by atoms with E-state index in [9.17, 15) is 13.2 Å². The summed E-state index contributed by atoms with van der Waals surface area (Å²) < 4.78 is 43.1. The van der Waals surface area contributed by atoms with Crippen molar-refractivity contribution in [3.8, 4) is 22.4 Å². The van der Waals surface area contributed by atoms with E-state index < -0.39 is 11.6 Å². The summed E-state index contributed by atoms with van der Waals surface area (Å²) in [5.74, 6) is 0. The minimum atomic E-state index is -4.22. The Hall–Kier alpha value is -2.87. The number of alkyl halides is 3. The monoisotopic (exact) mass is 417 g/mol. The lowest BCUT2D eigenvalue weighted by Gasteiger charge is -2.18. The second kappa shape index (κ2) is 6.32. The van der Waals surface area contributed by atoms with Crippen molar-refractivity contribution >= 4 is 17.2 Å². The van der Waals surface area contributed by atoms with E-state index in [0.717, 1.165) is 11.2 Å². The third-order valence-corrected chi connectivity index (χ3v) is 5.60. The molecule has 1 fully saturated rings. The molecule has 0 radical (unpaired) electrons. The summed E-state index contributed by atoms with van der Waals surface area (Å²) in [5, 5.41) is 4.60. The van der Waals surface area contributed by atoms with Gasteiger partial charge < -0.3 is 4.40 Å². The van der Waals surface area contributed by atoms with Crippen LogP contribution in [0.1, 0.15) is 12.8 Å². The molecule has 4 aromatic heterocycles. The Bertz CT molecular complexity index is 1210. The average Bonchev–Trinajstić information content (AvgIpc) is 3.11. The van der Waals surface area contributed by atoms with Crippen LogP contribution in [0, 0.1) is 5.41 Å². The first kappa shape index (κ1) is 18.2. The lowest BCUT2D eigenvalue weighted by Crippen LogP contribution is -2.29. The van der Waals surface area contributed by atoms with E-state index >= 15 is 0 Å². The number of fused-ring (bicyclic) bond motifs is 1. The van der Waals surface area contributed by atoms with Gasteiger partial charge in [-0.05, 0) is 31.0 Å². The molecule has 5 nitrogen and oxygen atoms in total. The minimum Gasteiger partial charge on any atom is -0.307 e. The summed E-state index contributed by atoms with van der Waals surface area (Å²) in [6.45, 7) is -0.181. The van der Waals surface area contributed by atoms with Gasteiger partial charge in [-0.3, -0.25) is 9.67 Å². The molecule has 0 aliphatic heterocycles. The van der Waals surface area contributed by atoms with Gasteiger partial charge in [-0.25, -0.2) is 4.98 Å².